The van der Waals surface area contributed by atoms with E-state index in [0.29, 0.717) is 42.8 Å². The van der Waals surface area contributed by atoms with Crippen LogP contribution in [0.5, 0.6) is 5.75 Å². The van der Waals surface area contributed by atoms with Gasteiger partial charge in [0.25, 0.3) is 0 Å². The molecule has 11 nitrogen and oxygen atoms in total. The second-order valence-corrected chi connectivity index (χ2v) is 9.60. The zero-order valence-corrected chi connectivity index (χ0v) is 22.7. The maximum atomic E-state index is 12.4. The summed E-state index contributed by atoms with van der Waals surface area (Å²) in [6.07, 6.45) is 2.35. The first-order chi connectivity index (χ1) is 20.0. The molecule has 3 heterocycles. The molecule has 3 aromatic heterocycles. The highest BCUT2D eigenvalue weighted by Crippen LogP contribution is 2.23. The van der Waals surface area contributed by atoms with Crippen LogP contribution in [0.1, 0.15) is 35.4 Å². The lowest BCUT2D eigenvalue weighted by Crippen LogP contribution is -2.24. The number of hydrogen-bond donors (Lipinski definition) is 1. The van der Waals surface area contributed by atoms with Gasteiger partial charge in [0.15, 0.2) is 5.82 Å². The average molecular weight is 584 g/mol. The Morgan fingerprint density at radius 2 is 1.81 bits per heavy atom. The van der Waals surface area contributed by atoms with Crippen molar-refractivity contribution < 1.29 is 27.5 Å². The number of nitrogens with one attached hydrogen (secondary N) is 1. The van der Waals surface area contributed by atoms with Gasteiger partial charge >= 0.3 is 12.1 Å². The summed E-state index contributed by atoms with van der Waals surface area (Å²) in [5.74, 6) is -0.712. The number of carbonyl (C=O) groups is 2. The summed E-state index contributed by atoms with van der Waals surface area (Å²) in [5, 5.41) is 14.7. The van der Waals surface area contributed by atoms with Crippen LogP contribution in [-0.2, 0) is 48.9 Å². The minimum absolute atomic E-state index is 0.0518. The molecule has 0 aliphatic heterocycles. The predicted octanol–water partition coefficient (Wildman–Crippen LogP) is 3.22. The van der Waals surface area contributed by atoms with Crippen LogP contribution in [0.3, 0.4) is 0 Å². The zero-order chi connectivity index (χ0) is 30.1. The van der Waals surface area contributed by atoms with Crippen molar-refractivity contribution in [1.29, 1.82) is 0 Å². The number of hydrogen-bond acceptors (Lipinski definition) is 8. The van der Waals surface area contributed by atoms with Crippen molar-refractivity contribution in [3.63, 3.8) is 0 Å². The summed E-state index contributed by atoms with van der Waals surface area (Å²) in [7, 11) is 1.78. The lowest BCUT2D eigenvalue weighted by Gasteiger charge is -2.10. The lowest BCUT2D eigenvalue weighted by atomic mass is 10.1. The molecule has 4 rings (SSSR count). The molecule has 14 heteroatoms. The molecule has 0 radical (unpaired) electrons. The molecule has 1 aromatic carbocycles. The highest BCUT2D eigenvalue weighted by molar-refractivity contribution is 5.91. The van der Waals surface area contributed by atoms with Crippen molar-refractivity contribution in [3.8, 4) is 5.75 Å². The molecule has 0 aliphatic rings. The van der Waals surface area contributed by atoms with Gasteiger partial charge in [-0.25, -0.2) is 4.79 Å². The Morgan fingerprint density at radius 1 is 0.976 bits per heavy atom. The SMILES string of the molecule is Cn1cc(CC(=O)Cc2ccn(CCCCc3ccc(NC(=O)Cc4cccc(OC(F)(F)F)c4)nn3)c(=O)n2)cn1. The Kier molecular flexibility index (Phi) is 9.78. The fourth-order valence-electron chi connectivity index (χ4n) is 4.16. The number of amides is 1. The van der Waals surface area contributed by atoms with E-state index in [9.17, 15) is 27.6 Å². The molecular formula is C28H28F3N7O4. The van der Waals surface area contributed by atoms with Crippen LogP contribution in [0.25, 0.3) is 0 Å². The summed E-state index contributed by atoms with van der Waals surface area (Å²) in [6.45, 7) is 0.451. The molecular weight excluding hydrogens is 555 g/mol. The van der Waals surface area contributed by atoms with Crippen molar-refractivity contribution in [1.82, 2.24) is 29.5 Å². The van der Waals surface area contributed by atoms with Crippen LogP contribution >= 0.6 is 0 Å². The summed E-state index contributed by atoms with van der Waals surface area (Å²) in [5.41, 5.74) is 1.86. The zero-order valence-electron chi connectivity index (χ0n) is 22.7. The van der Waals surface area contributed by atoms with Crippen molar-refractivity contribution >= 4 is 17.5 Å². The molecule has 0 atom stereocenters. The second kappa shape index (κ2) is 13.7. The van der Waals surface area contributed by atoms with Gasteiger partial charge < -0.3 is 10.1 Å². The highest BCUT2D eigenvalue weighted by Gasteiger charge is 2.31. The summed E-state index contributed by atoms with van der Waals surface area (Å²) >= 11 is 0. The van der Waals surface area contributed by atoms with Gasteiger partial charge in [-0.3, -0.25) is 18.8 Å². The predicted molar refractivity (Wildman–Crippen MR) is 145 cm³/mol. The second-order valence-electron chi connectivity index (χ2n) is 9.60. The van der Waals surface area contributed by atoms with Gasteiger partial charge in [0, 0.05) is 38.8 Å². The van der Waals surface area contributed by atoms with E-state index in [2.05, 4.69) is 30.3 Å². The molecule has 0 bridgehead atoms. The maximum Gasteiger partial charge on any atom is 0.573 e. The topological polar surface area (TPSA) is 134 Å². The normalized spacial score (nSPS) is 11.3. The fourth-order valence-corrected chi connectivity index (χ4v) is 4.16. The van der Waals surface area contributed by atoms with Gasteiger partial charge in [-0.2, -0.15) is 15.2 Å². The molecule has 0 unspecified atom stereocenters. The third kappa shape index (κ3) is 9.64. The van der Waals surface area contributed by atoms with Crippen molar-refractivity contribution in [2.45, 2.75) is 51.4 Å². The Bertz CT molecular complexity index is 1580. The Labute approximate surface area is 238 Å². The third-order valence-electron chi connectivity index (χ3n) is 6.04. The summed E-state index contributed by atoms with van der Waals surface area (Å²) in [4.78, 5) is 41.0. The van der Waals surface area contributed by atoms with E-state index in [1.165, 1.54) is 16.7 Å². The van der Waals surface area contributed by atoms with Gasteiger partial charge in [-0.1, -0.05) is 12.1 Å². The average Bonchev–Trinajstić information content (AvgIpc) is 3.31. The lowest BCUT2D eigenvalue weighted by molar-refractivity contribution is -0.274. The number of aryl methyl sites for hydroxylation is 3. The maximum absolute atomic E-state index is 12.4. The van der Waals surface area contributed by atoms with Gasteiger partial charge in [0.1, 0.15) is 11.5 Å². The van der Waals surface area contributed by atoms with E-state index in [-0.39, 0.29) is 30.9 Å². The van der Waals surface area contributed by atoms with Crippen molar-refractivity contribution in [2.75, 3.05) is 5.32 Å². The Balaban J connectivity index is 1.18. The van der Waals surface area contributed by atoms with Crippen LogP contribution in [-0.4, -0.2) is 47.6 Å². The Hall–Kier alpha value is -4.88. The minimum Gasteiger partial charge on any atom is -0.406 e. The van der Waals surface area contributed by atoms with Crippen LogP contribution in [0.15, 0.2) is 65.8 Å². The van der Waals surface area contributed by atoms with E-state index in [0.717, 1.165) is 17.7 Å². The van der Waals surface area contributed by atoms with E-state index in [1.807, 2.05) is 0 Å². The number of rotatable bonds is 13. The monoisotopic (exact) mass is 583 g/mol. The van der Waals surface area contributed by atoms with Gasteiger partial charge in [0.05, 0.1) is 24.0 Å². The number of aromatic nitrogens is 6. The first-order valence-corrected chi connectivity index (χ1v) is 13.0. The number of ether oxygens (including phenoxy) is 1. The first-order valence-electron chi connectivity index (χ1n) is 13.0. The van der Waals surface area contributed by atoms with Crippen LogP contribution in [0, 0.1) is 0 Å². The highest BCUT2D eigenvalue weighted by atomic mass is 19.4. The molecule has 1 amide bonds. The quantitative estimate of drug-likeness (QED) is 0.237. The number of Topliss-reactive ketones (excluding diaryl/α,β-unsaturated/α-hetero) is 1. The number of benzene rings is 1. The number of halogens is 3. The number of unbranched alkanes of at least 4 members (excludes halogenated alkanes) is 1. The van der Waals surface area contributed by atoms with Crippen molar-refractivity contribution in [3.05, 3.63) is 94.1 Å². The molecule has 1 N–H and O–H groups in total. The minimum atomic E-state index is -4.82. The standard InChI is InChI=1S/C28H28F3N7O4/c1-37-18-20(17-32-37)13-23(39)16-22-10-12-38(27(41)33-22)11-3-2-6-21-8-9-25(36-35-21)34-26(40)15-19-5-4-7-24(14-19)42-28(29,30)31/h4-5,7-10,12,14,17-18H,2-3,6,11,13,15-16H2,1H3,(H,34,36,40). The summed E-state index contributed by atoms with van der Waals surface area (Å²) in [6, 6.07) is 10.2. The third-order valence-corrected chi connectivity index (χ3v) is 6.04. The van der Waals surface area contributed by atoms with Crippen LogP contribution in [0.4, 0.5) is 19.0 Å². The van der Waals surface area contributed by atoms with Gasteiger partial charge in [0.2, 0.25) is 5.91 Å². The van der Waals surface area contributed by atoms with Gasteiger partial charge in [-0.15, -0.1) is 18.3 Å². The molecule has 42 heavy (non-hydrogen) atoms. The smallest absolute Gasteiger partial charge is 0.406 e. The number of alkyl halides is 3. The van der Waals surface area contributed by atoms with E-state index >= 15 is 0 Å². The van der Waals surface area contributed by atoms with Crippen molar-refractivity contribution in [2.24, 2.45) is 7.05 Å². The van der Waals surface area contributed by atoms with E-state index in [1.54, 1.807) is 48.5 Å². The van der Waals surface area contributed by atoms with Crippen LogP contribution < -0.4 is 15.7 Å². The molecule has 0 spiro atoms. The molecule has 220 valence electrons. The summed E-state index contributed by atoms with van der Waals surface area (Å²) < 4.78 is 44.2. The van der Waals surface area contributed by atoms with E-state index < -0.39 is 23.7 Å². The van der Waals surface area contributed by atoms with Gasteiger partial charge in [-0.05, 0) is 60.7 Å². The fraction of sp³-hybridized carbons (Fsp3) is 0.321. The molecule has 0 fully saturated rings. The number of carbonyl (C=O) groups excluding carboxylic acids is 2. The van der Waals surface area contributed by atoms with E-state index in [4.69, 9.17) is 0 Å². The molecule has 0 aliphatic carbocycles. The Morgan fingerprint density at radius 3 is 2.50 bits per heavy atom. The number of anilines is 1. The molecule has 0 saturated carbocycles. The first kappa shape index (κ1) is 30.1. The molecule has 0 saturated heterocycles. The van der Waals surface area contributed by atoms with Crippen LogP contribution in [0.2, 0.25) is 0 Å². The number of ketones is 1. The largest absolute Gasteiger partial charge is 0.573 e. The molecule has 4 aromatic rings. The number of nitrogens with zero attached hydrogens (tertiary/aromatic N) is 6.